The van der Waals surface area contributed by atoms with E-state index in [0.717, 1.165) is 0 Å². The van der Waals surface area contributed by atoms with Crippen molar-refractivity contribution < 1.29 is 9.90 Å². The first-order valence-electron chi connectivity index (χ1n) is 6.02. The SMILES string of the molecule is CC(C)(O)C(C)(C)NC(=O)Cn1cc(N)ccc1=O. The van der Waals surface area contributed by atoms with Gasteiger partial charge in [-0.25, -0.2) is 0 Å². The van der Waals surface area contributed by atoms with E-state index in [4.69, 9.17) is 5.73 Å². The Morgan fingerprint density at radius 2 is 1.95 bits per heavy atom. The number of anilines is 1. The highest BCUT2D eigenvalue weighted by atomic mass is 16.3. The van der Waals surface area contributed by atoms with E-state index in [2.05, 4.69) is 5.32 Å². The third-order valence-corrected chi connectivity index (χ3v) is 3.30. The molecule has 6 nitrogen and oxygen atoms in total. The Balaban J connectivity index is 2.82. The smallest absolute Gasteiger partial charge is 0.251 e. The molecule has 0 aliphatic heterocycles. The summed E-state index contributed by atoms with van der Waals surface area (Å²) in [4.78, 5) is 23.5. The van der Waals surface area contributed by atoms with E-state index in [9.17, 15) is 14.7 Å². The number of nitrogens with one attached hydrogen (secondary N) is 1. The zero-order valence-corrected chi connectivity index (χ0v) is 11.7. The van der Waals surface area contributed by atoms with Gasteiger partial charge >= 0.3 is 0 Å². The number of rotatable bonds is 4. The lowest BCUT2D eigenvalue weighted by Gasteiger charge is -2.38. The highest BCUT2D eigenvalue weighted by molar-refractivity contribution is 5.76. The molecule has 1 rings (SSSR count). The average Bonchev–Trinajstić information content (AvgIpc) is 2.21. The molecule has 1 amide bonds. The Kier molecular flexibility index (Phi) is 4.05. The van der Waals surface area contributed by atoms with E-state index in [1.54, 1.807) is 27.7 Å². The van der Waals surface area contributed by atoms with Crippen molar-refractivity contribution in [1.82, 2.24) is 9.88 Å². The lowest BCUT2D eigenvalue weighted by atomic mass is 9.86. The summed E-state index contributed by atoms with van der Waals surface area (Å²) >= 11 is 0. The maximum atomic E-state index is 11.9. The highest BCUT2D eigenvalue weighted by Crippen LogP contribution is 2.20. The van der Waals surface area contributed by atoms with Crippen LogP contribution in [0.5, 0.6) is 0 Å². The molecule has 0 unspecified atom stereocenters. The van der Waals surface area contributed by atoms with Gasteiger partial charge in [-0.1, -0.05) is 0 Å². The molecule has 4 N–H and O–H groups in total. The summed E-state index contributed by atoms with van der Waals surface area (Å²) in [7, 11) is 0. The maximum Gasteiger partial charge on any atom is 0.251 e. The fourth-order valence-corrected chi connectivity index (χ4v) is 1.37. The summed E-state index contributed by atoms with van der Waals surface area (Å²) < 4.78 is 1.23. The van der Waals surface area contributed by atoms with Crippen LogP contribution in [0, 0.1) is 0 Å². The van der Waals surface area contributed by atoms with Crippen LogP contribution in [-0.4, -0.2) is 26.7 Å². The van der Waals surface area contributed by atoms with Crippen LogP contribution >= 0.6 is 0 Å². The second kappa shape index (κ2) is 5.05. The van der Waals surface area contributed by atoms with Gasteiger partial charge in [0.2, 0.25) is 5.91 Å². The van der Waals surface area contributed by atoms with Crippen molar-refractivity contribution in [2.24, 2.45) is 0 Å². The van der Waals surface area contributed by atoms with Crippen LogP contribution < -0.4 is 16.6 Å². The molecule has 1 heterocycles. The van der Waals surface area contributed by atoms with Crippen LogP contribution in [0.15, 0.2) is 23.1 Å². The number of amides is 1. The van der Waals surface area contributed by atoms with Crippen LogP contribution in [0.1, 0.15) is 27.7 Å². The molecule has 0 radical (unpaired) electrons. The quantitative estimate of drug-likeness (QED) is 0.720. The van der Waals surface area contributed by atoms with Crippen LogP contribution in [-0.2, 0) is 11.3 Å². The fourth-order valence-electron chi connectivity index (χ4n) is 1.37. The average molecular weight is 267 g/mol. The van der Waals surface area contributed by atoms with Crippen molar-refractivity contribution in [2.45, 2.75) is 45.4 Å². The molecule has 0 bridgehead atoms. The largest absolute Gasteiger partial charge is 0.398 e. The molecule has 19 heavy (non-hydrogen) atoms. The first-order valence-corrected chi connectivity index (χ1v) is 6.02. The molecule has 0 saturated carbocycles. The van der Waals surface area contributed by atoms with Crippen LogP contribution in [0.25, 0.3) is 0 Å². The lowest BCUT2D eigenvalue weighted by Crippen LogP contribution is -2.58. The third kappa shape index (κ3) is 3.82. The van der Waals surface area contributed by atoms with E-state index in [1.807, 2.05) is 0 Å². The van der Waals surface area contributed by atoms with E-state index < -0.39 is 11.1 Å². The lowest BCUT2D eigenvalue weighted by molar-refractivity contribution is -0.126. The van der Waals surface area contributed by atoms with E-state index >= 15 is 0 Å². The predicted molar refractivity (Wildman–Crippen MR) is 73.6 cm³/mol. The van der Waals surface area contributed by atoms with Crippen molar-refractivity contribution >= 4 is 11.6 Å². The van der Waals surface area contributed by atoms with Gasteiger partial charge in [0.25, 0.3) is 5.56 Å². The van der Waals surface area contributed by atoms with Gasteiger partial charge in [0.15, 0.2) is 0 Å². The predicted octanol–water partition coefficient (Wildman–Crippen LogP) is 0.0962. The van der Waals surface area contributed by atoms with Gasteiger partial charge in [-0.2, -0.15) is 0 Å². The van der Waals surface area contributed by atoms with Crippen molar-refractivity contribution in [2.75, 3.05) is 5.73 Å². The summed E-state index contributed by atoms with van der Waals surface area (Å²) in [6, 6.07) is 2.79. The van der Waals surface area contributed by atoms with Gasteiger partial charge in [0.05, 0.1) is 11.1 Å². The van der Waals surface area contributed by atoms with Crippen molar-refractivity contribution in [1.29, 1.82) is 0 Å². The van der Waals surface area contributed by atoms with Crippen molar-refractivity contribution in [3.8, 4) is 0 Å². The number of pyridine rings is 1. The first-order chi connectivity index (χ1) is 8.53. The number of carbonyl (C=O) groups excluding carboxylic acids is 1. The summed E-state index contributed by atoms with van der Waals surface area (Å²) in [6.45, 7) is 6.52. The van der Waals surface area contributed by atoms with E-state index in [-0.39, 0.29) is 18.0 Å². The normalized spacial score (nSPS) is 12.3. The molecule has 1 aromatic rings. The topological polar surface area (TPSA) is 97.3 Å². The number of nitrogen functional groups attached to an aromatic ring is 1. The molecule has 1 aromatic heterocycles. The molecule has 0 atom stereocenters. The Hall–Kier alpha value is -1.82. The molecule has 0 saturated heterocycles. The summed E-state index contributed by atoms with van der Waals surface area (Å²) in [5.41, 5.74) is 3.79. The monoisotopic (exact) mass is 267 g/mol. The summed E-state index contributed by atoms with van der Waals surface area (Å²) in [6.07, 6.45) is 1.42. The zero-order valence-electron chi connectivity index (χ0n) is 11.7. The van der Waals surface area contributed by atoms with Gasteiger partial charge in [-0.3, -0.25) is 9.59 Å². The Morgan fingerprint density at radius 3 is 2.47 bits per heavy atom. The summed E-state index contributed by atoms with van der Waals surface area (Å²) in [5.74, 6) is -0.361. The molecule has 6 heteroatoms. The van der Waals surface area contributed by atoms with Crippen molar-refractivity contribution in [3.05, 3.63) is 28.7 Å². The Morgan fingerprint density at radius 1 is 1.37 bits per heavy atom. The van der Waals surface area contributed by atoms with Gasteiger partial charge in [0, 0.05) is 18.0 Å². The number of aromatic nitrogens is 1. The minimum Gasteiger partial charge on any atom is -0.398 e. The Labute approximate surface area is 112 Å². The number of hydrogen-bond acceptors (Lipinski definition) is 4. The van der Waals surface area contributed by atoms with Crippen molar-refractivity contribution in [3.63, 3.8) is 0 Å². The molecular weight excluding hydrogens is 246 g/mol. The van der Waals surface area contributed by atoms with E-state index in [0.29, 0.717) is 5.69 Å². The molecule has 0 aromatic carbocycles. The molecule has 106 valence electrons. The second-order valence-electron chi connectivity index (χ2n) is 5.66. The molecule has 0 fully saturated rings. The zero-order chi connectivity index (χ0) is 14.8. The number of carbonyl (C=O) groups is 1. The summed E-state index contributed by atoms with van der Waals surface area (Å²) in [5, 5.41) is 12.7. The first kappa shape index (κ1) is 15.2. The van der Waals surface area contributed by atoms with E-state index in [1.165, 1.54) is 22.9 Å². The second-order valence-corrected chi connectivity index (χ2v) is 5.66. The molecule has 0 spiro atoms. The van der Waals surface area contributed by atoms with Gasteiger partial charge in [-0.05, 0) is 33.8 Å². The number of aliphatic hydroxyl groups is 1. The Bertz CT molecular complexity index is 527. The minimum atomic E-state index is -1.08. The van der Waals surface area contributed by atoms with Crippen LogP contribution in [0.2, 0.25) is 0 Å². The maximum absolute atomic E-state index is 11.9. The van der Waals surface area contributed by atoms with Crippen LogP contribution in [0.4, 0.5) is 5.69 Å². The van der Waals surface area contributed by atoms with Gasteiger partial charge < -0.3 is 20.7 Å². The number of nitrogens with zero attached hydrogens (tertiary/aromatic N) is 1. The highest BCUT2D eigenvalue weighted by Gasteiger charge is 2.36. The van der Waals surface area contributed by atoms with Crippen LogP contribution in [0.3, 0.4) is 0 Å². The standard InChI is InChI=1S/C13H21N3O3/c1-12(2,13(3,4)19)15-10(17)8-16-7-9(14)5-6-11(16)18/h5-7,19H,8,14H2,1-4H3,(H,15,17). The number of nitrogens with two attached hydrogens (primary N) is 1. The fraction of sp³-hybridized carbons (Fsp3) is 0.538. The van der Waals surface area contributed by atoms with Gasteiger partial charge in [0.1, 0.15) is 6.54 Å². The third-order valence-electron chi connectivity index (χ3n) is 3.30. The number of hydrogen-bond donors (Lipinski definition) is 3. The minimum absolute atomic E-state index is 0.136. The van der Waals surface area contributed by atoms with Gasteiger partial charge in [-0.15, -0.1) is 0 Å². The molecule has 0 aliphatic carbocycles. The molecular formula is C13H21N3O3. The molecule has 0 aliphatic rings.